The van der Waals surface area contributed by atoms with E-state index in [0.29, 0.717) is 0 Å². The fourth-order valence-corrected chi connectivity index (χ4v) is 25.0. The van der Waals surface area contributed by atoms with E-state index in [1.54, 1.807) is 47.0 Å². The van der Waals surface area contributed by atoms with Gasteiger partial charge in [0.05, 0.1) is 0 Å². The van der Waals surface area contributed by atoms with Crippen LogP contribution < -0.4 is 11.3 Å². The van der Waals surface area contributed by atoms with Gasteiger partial charge >= 0.3 is 377 Å². The fourth-order valence-electron chi connectivity index (χ4n) is 7.02. The maximum absolute atomic E-state index is 6.94. The van der Waals surface area contributed by atoms with Crippen LogP contribution in [0.3, 0.4) is 0 Å². The Kier molecular flexibility index (Phi) is 15.7. The predicted octanol–water partition coefficient (Wildman–Crippen LogP) is 14.5. The number of hydrogen-bond donors (Lipinski definition) is 0. The zero-order chi connectivity index (χ0) is 40.2. The summed E-state index contributed by atoms with van der Waals surface area (Å²) in [7, 11) is 0. The van der Waals surface area contributed by atoms with Crippen LogP contribution in [0.15, 0.2) is 203 Å². The van der Waals surface area contributed by atoms with Crippen LogP contribution in [0.1, 0.15) is 25.7 Å². The Hall–Kier alpha value is -2.83. The van der Waals surface area contributed by atoms with E-state index in [9.17, 15) is 0 Å². The summed E-state index contributed by atoms with van der Waals surface area (Å²) in [6.07, 6.45) is 38.1. The number of benzene rings is 4. The summed E-state index contributed by atoms with van der Waals surface area (Å²) < 4.78 is 32.9. The Morgan fingerprint density at radius 1 is 0.362 bits per heavy atom. The number of rotatable bonds is 16. The van der Waals surface area contributed by atoms with E-state index in [2.05, 4.69) is 195 Å². The van der Waals surface area contributed by atoms with Crippen molar-refractivity contribution in [1.29, 1.82) is 0 Å². The van der Waals surface area contributed by atoms with Crippen molar-refractivity contribution in [1.82, 2.24) is 0 Å². The Morgan fingerprint density at radius 3 is 0.948 bits per heavy atom. The number of allylic oxidation sites excluding steroid dienone is 16. The van der Waals surface area contributed by atoms with Crippen molar-refractivity contribution in [2.24, 2.45) is 0 Å². The van der Waals surface area contributed by atoms with Gasteiger partial charge in [-0.05, 0) is 0 Å². The molecule has 0 atom stereocenters. The summed E-state index contributed by atoms with van der Waals surface area (Å²) in [5, 5.41) is 0. The topological polar surface area (TPSA) is 36.9 Å². The van der Waals surface area contributed by atoms with E-state index in [1.807, 2.05) is 0 Å². The molecule has 0 bridgehead atoms. The zero-order valence-electron chi connectivity index (χ0n) is 33.3. The van der Waals surface area contributed by atoms with Crippen LogP contribution in [0.5, 0.6) is 23.0 Å². The van der Waals surface area contributed by atoms with Crippen molar-refractivity contribution < 1.29 is 53.5 Å². The molecule has 0 radical (unpaired) electrons. The monoisotopic (exact) mass is 996 g/mol. The molecule has 0 aromatic heterocycles. The third-order valence-corrected chi connectivity index (χ3v) is 30.1. The standard InChI is InChI=1S/4C7H8OS.4C5H5.2Zr/c2*1-9-7-4-2-6(8)3-5-7;2*1-9-7-4-2-3-6(8)5-7;4*1-2-4-5-3-1;;/h4*2-5,8H,1H3;4*1-3H,4H2;;/q;;;;;;;;2*+2/p-4. The molecule has 8 rings (SSSR count). The SMILES string of the molecule is CSc1ccc([O][Zr]([O]c2ccc(SC)cc2)([C]2=CC=CC2)[C]2=CC=CC2)cc1.CSc1cccc([O][Zr]([O]c2cccc(SC)c2)([C]2=CC=CC2)[C]2=CC=CC2)c1. The third kappa shape index (κ3) is 10.5. The second-order valence-electron chi connectivity index (χ2n) is 13.6. The van der Waals surface area contributed by atoms with Gasteiger partial charge in [-0.25, -0.2) is 0 Å². The third-order valence-electron chi connectivity index (χ3n) is 10.0. The Morgan fingerprint density at radius 2 is 0.672 bits per heavy atom. The first-order valence-corrected chi connectivity index (χ1v) is 33.1. The van der Waals surface area contributed by atoms with Gasteiger partial charge in [0.1, 0.15) is 0 Å². The summed E-state index contributed by atoms with van der Waals surface area (Å²) >= 11 is -0.826. The van der Waals surface area contributed by atoms with E-state index in [1.165, 1.54) is 32.7 Å². The van der Waals surface area contributed by atoms with E-state index >= 15 is 0 Å². The second-order valence-corrected chi connectivity index (χ2v) is 31.5. The van der Waals surface area contributed by atoms with Gasteiger partial charge in [0.25, 0.3) is 0 Å². The van der Waals surface area contributed by atoms with Crippen molar-refractivity contribution in [3.05, 3.63) is 183 Å². The predicted molar refractivity (Wildman–Crippen MR) is 243 cm³/mol. The summed E-state index contributed by atoms with van der Waals surface area (Å²) in [4.78, 5) is 4.86. The molecule has 10 heteroatoms. The van der Waals surface area contributed by atoms with Crippen molar-refractivity contribution in [3.8, 4) is 23.0 Å². The van der Waals surface area contributed by atoms with Crippen LogP contribution in [-0.4, -0.2) is 25.0 Å². The van der Waals surface area contributed by atoms with Gasteiger partial charge in [-0.2, -0.15) is 0 Å². The molecule has 0 fully saturated rings. The van der Waals surface area contributed by atoms with Crippen molar-refractivity contribution >= 4 is 47.0 Å². The molecule has 0 amide bonds. The first-order valence-electron chi connectivity index (χ1n) is 19.2. The molecule has 4 aromatic carbocycles. The molecule has 4 nitrogen and oxygen atoms in total. The fraction of sp³-hybridized carbons (Fsp3) is 0.167. The molecule has 0 N–H and O–H groups in total. The zero-order valence-corrected chi connectivity index (χ0v) is 41.4. The average molecular weight is 1000 g/mol. The molecule has 58 heavy (non-hydrogen) atoms. The molecule has 4 aliphatic carbocycles. The quantitative estimate of drug-likeness (QED) is 0.103. The van der Waals surface area contributed by atoms with E-state index in [0.717, 1.165) is 48.7 Å². The van der Waals surface area contributed by atoms with Crippen LogP contribution in [0, 0.1) is 0 Å². The van der Waals surface area contributed by atoms with Crippen molar-refractivity contribution in [2.75, 3.05) is 25.0 Å². The molecule has 0 unspecified atom stereocenters. The van der Waals surface area contributed by atoms with Crippen LogP contribution in [-0.2, 0) is 42.3 Å². The van der Waals surface area contributed by atoms with Crippen LogP contribution in [0.4, 0.5) is 0 Å². The minimum atomic E-state index is -3.89. The molecular weight excluding hydrogens is 951 g/mol. The van der Waals surface area contributed by atoms with E-state index in [4.69, 9.17) is 11.3 Å². The number of hydrogen-bond acceptors (Lipinski definition) is 8. The van der Waals surface area contributed by atoms with Crippen molar-refractivity contribution in [2.45, 2.75) is 45.3 Å². The summed E-state index contributed by atoms with van der Waals surface area (Å²) in [6.45, 7) is 0. The van der Waals surface area contributed by atoms with Gasteiger partial charge in [-0.3, -0.25) is 0 Å². The molecule has 0 saturated carbocycles. The van der Waals surface area contributed by atoms with Gasteiger partial charge in [0, 0.05) is 0 Å². The Labute approximate surface area is 373 Å². The maximum atomic E-state index is 6.94. The normalized spacial score (nSPS) is 15.4. The van der Waals surface area contributed by atoms with Gasteiger partial charge in [-0.15, -0.1) is 0 Å². The minimum absolute atomic E-state index is 0.889. The molecule has 4 aromatic rings. The Balaban J connectivity index is 0.000000177. The molecule has 296 valence electrons. The average Bonchev–Trinajstić information content (AvgIpc) is 4.13. The van der Waals surface area contributed by atoms with Gasteiger partial charge < -0.3 is 0 Å². The molecule has 4 aliphatic rings. The van der Waals surface area contributed by atoms with Gasteiger partial charge in [-0.1, -0.05) is 0 Å². The van der Waals surface area contributed by atoms with E-state index < -0.39 is 42.3 Å². The molecule has 0 heterocycles. The molecular formula is C48H48O4S4Zr2. The van der Waals surface area contributed by atoms with Gasteiger partial charge in [0.15, 0.2) is 0 Å². The van der Waals surface area contributed by atoms with Crippen LogP contribution in [0.25, 0.3) is 0 Å². The van der Waals surface area contributed by atoms with Crippen LogP contribution in [0.2, 0.25) is 0 Å². The Bertz CT molecular complexity index is 2140. The second kappa shape index (κ2) is 21.1. The van der Waals surface area contributed by atoms with Crippen LogP contribution >= 0.6 is 47.0 Å². The van der Waals surface area contributed by atoms with Gasteiger partial charge in [0.2, 0.25) is 0 Å². The molecule has 0 spiro atoms. The summed E-state index contributed by atoms with van der Waals surface area (Å²) in [5.74, 6) is 3.57. The van der Waals surface area contributed by atoms with E-state index in [-0.39, 0.29) is 0 Å². The molecule has 0 aliphatic heterocycles. The summed E-state index contributed by atoms with van der Waals surface area (Å²) in [6, 6.07) is 33.5. The first-order chi connectivity index (χ1) is 28.5. The number of thioether (sulfide) groups is 4. The molecule has 0 saturated heterocycles. The van der Waals surface area contributed by atoms with Crippen molar-refractivity contribution in [3.63, 3.8) is 0 Å². The summed E-state index contributed by atoms with van der Waals surface area (Å²) in [5.41, 5.74) is 0. The first kappa shape index (κ1) is 43.3.